The van der Waals surface area contributed by atoms with Crippen LogP contribution in [0.4, 0.5) is 13.2 Å². The first kappa shape index (κ1) is 13.0. The van der Waals surface area contributed by atoms with Crippen molar-refractivity contribution in [3.63, 3.8) is 0 Å². The zero-order valence-electron chi connectivity index (χ0n) is 10.3. The second kappa shape index (κ2) is 4.31. The first-order valence-electron chi connectivity index (χ1n) is 5.71. The number of hydrogen-bond donors (Lipinski definition) is 1. The van der Waals surface area contributed by atoms with Gasteiger partial charge >= 0.3 is 6.18 Å². The number of fused-ring (bicyclic) bond motifs is 1. The van der Waals surface area contributed by atoms with Crippen molar-refractivity contribution in [1.29, 1.82) is 0 Å². The van der Waals surface area contributed by atoms with E-state index in [-0.39, 0.29) is 11.3 Å². The molecule has 1 aromatic heterocycles. The van der Waals surface area contributed by atoms with Gasteiger partial charge in [-0.25, -0.2) is 0 Å². The Morgan fingerprint density at radius 2 is 2.00 bits per heavy atom. The maximum absolute atomic E-state index is 13.0. The molecule has 0 aliphatic rings. The van der Waals surface area contributed by atoms with Gasteiger partial charge < -0.3 is 10.3 Å². The molecule has 2 N–H and O–H groups in total. The van der Waals surface area contributed by atoms with Crippen molar-refractivity contribution in [2.24, 2.45) is 12.8 Å². The Hall–Kier alpha value is -1.49. The van der Waals surface area contributed by atoms with Crippen LogP contribution in [-0.2, 0) is 13.2 Å². The molecule has 0 aliphatic heterocycles. The van der Waals surface area contributed by atoms with E-state index < -0.39 is 11.7 Å². The molecule has 1 atom stereocenters. The molecule has 2 aromatic rings. The lowest BCUT2D eigenvalue weighted by atomic mass is 9.97. The summed E-state index contributed by atoms with van der Waals surface area (Å²) in [5.74, 6) is -0.0998. The summed E-state index contributed by atoms with van der Waals surface area (Å²) in [5.41, 5.74) is 6.22. The molecule has 1 unspecified atom stereocenters. The molecule has 0 fully saturated rings. The van der Waals surface area contributed by atoms with E-state index >= 15 is 0 Å². The SMILES string of the molecule is CC(CN)c1cn(C)c2cccc(C(F)(F)F)c12. The number of aromatic nitrogens is 1. The van der Waals surface area contributed by atoms with Crippen LogP contribution in [0.1, 0.15) is 24.0 Å². The minimum Gasteiger partial charge on any atom is -0.350 e. The predicted molar refractivity (Wildman–Crippen MR) is 65.4 cm³/mol. The molecule has 0 amide bonds. The third-order valence-corrected chi connectivity index (χ3v) is 3.23. The van der Waals surface area contributed by atoms with Crippen LogP contribution in [-0.4, -0.2) is 11.1 Å². The van der Waals surface area contributed by atoms with Gasteiger partial charge in [0.15, 0.2) is 0 Å². The van der Waals surface area contributed by atoms with Gasteiger partial charge in [-0.05, 0) is 30.2 Å². The summed E-state index contributed by atoms with van der Waals surface area (Å²) in [6.07, 6.45) is -2.61. The van der Waals surface area contributed by atoms with E-state index in [4.69, 9.17) is 5.73 Å². The number of alkyl halides is 3. The number of nitrogens with two attached hydrogens (primary N) is 1. The molecule has 0 spiro atoms. The van der Waals surface area contributed by atoms with E-state index in [1.165, 1.54) is 6.07 Å². The van der Waals surface area contributed by atoms with Crippen LogP contribution in [0.15, 0.2) is 24.4 Å². The molecule has 0 aliphatic carbocycles. The van der Waals surface area contributed by atoms with Crippen LogP contribution in [0.3, 0.4) is 0 Å². The number of rotatable bonds is 2. The minimum atomic E-state index is -4.34. The molecule has 2 nitrogen and oxygen atoms in total. The normalized spacial score (nSPS) is 14.1. The van der Waals surface area contributed by atoms with Crippen molar-refractivity contribution in [2.45, 2.75) is 19.0 Å². The van der Waals surface area contributed by atoms with Crippen molar-refractivity contribution in [2.75, 3.05) is 6.54 Å². The standard InChI is InChI=1S/C13H15F3N2/c1-8(6-17)9-7-18(2)11-5-3-4-10(12(9)11)13(14,15)16/h3-5,7-8H,6,17H2,1-2H3. The van der Waals surface area contributed by atoms with Crippen LogP contribution >= 0.6 is 0 Å². The van der Waals surface area contributed by atoms with Crippen LogP contribution in [0.5, 0.6) is 0 Å². The van der Waals surface area contributed by atoms with Gasteiger partial charge in [-0.3, -0.25) is 0 Å². The van der Waals surface area contributed by atoms with Crippen LogP contribution < -0.4 is 5.73 Å². The summed E-state index contributed by atoms with van der Waals surface area (Å²) in [6.45, 7) is 2.16. The number of halogens is 3. The maximum atomic E-state index is 13.0. The monoisotopic (exact) mass is 256 g/mol. The van der Waals surface area contributed by atoms with E-state index in [2.05, 4.69) is 0 Å². The Kier molecular flexibility index (Phi) is 3.11. The summed E-state index contributed by atoms with van der Waals surface area (Å²) >= 11 is 0. The summed E-state index contributed by atoms with van der Waals surface area (Å²) in [6, 6.07) is 4.24. The van der Waals surface area contributed by atoms with E-state index in [1.807, 2.05) is 6.92 Å². The van der Waals surface area contributed by atoms with Crippen LogP contribution in [0, 0.1) is 0 Å². The van der Waals surface area contributed by atoms with Crippen molar-refractivity contribution >= 4 is 10.9 Å². The van der Waals surface area contributed by atoms with Crippen LogP contribution in [0.25, 0.3) is 10.9 Å². The third kappa shape index (κ3) is 1.99. The summed E-state index contributed by atoms with van der Waals surface area (Å²) in [7, 11) is 1.75. The topological polar surface area (TPSA) is 30.9 Å². The molecular formula is C13H15F3N2. The Morgan fingerprint density at radius 1 is 1.33 bits per heavy atom. The smallest absolute Gasteiger partial charge is 0.350 e. The maximum Gasteiger partial charge on any atom is 0.417 e. The average Bonchev–Trinajstić information content (AvgIpc) is 2.65. The molecule has 1 aromatic carbocycles. The lowest BCUT2D eigenvalue weighted by Crippen LogP contribution is -2.11. The first-order valence-corrected chi connectivity index (χ1v) is 5.71. The molecule has 0 radical (unpaired) electrons. The molecular weight excluding hydrogens is 241 g/mol. The summed E-state index contributed by atoms with van der Waals surface area (Å²) < 4.78 is 40.8. The molecule has 0 bridgehead atoms. The Morgan fingerprint density at radius 3 is 2.56 bits per heavy atom. The number of hydrogen-bond acceptors (Lipinski definition) is 1. The highest BCUT2D eigenvalue weighted by molar-refractivity contribution is 5.88. The number of aryl methyl sites for hydroxylation is 1. The largest absolute Gasteiger partial charge is 0.417 e. The Balaban J connectivity index is 2.81. The Labute approximate surface area is 103 Å². The highest BCUT2D eigenvalue weighted by atomic mass is 19.4. The van der Waals surface area contributed by atoms with Gasteiger partial charge in [0.2, 0.25) is 0 Å². The number of nitrogens with zero attached hydrogens (tertiary/aromatic N) is 1. The van der Waals surface area contributed by atoms with Crippen molar-refractivity contribution in [3.05, 3.63) is 35.5 Å². The lowest BCUT2D eigenvalue weighted by molar-refractivity contribution is -0.136. The molecule has 1 heterocycles. The van der Waals surface area contributed by atoms with Crippen LogP contribution in [0.2, 0.25) is 0 Å². The fraction of sp³-hybridized carbons (Fsp3) is 0.385. The zero-order valence-corrected chi connectivity index (χ0v) is 10.3. The van der Waals surface area contributed by atoms with Crippen molar-refractivity contribution < 1.29 is 13.2 Å². The fourth-order valence-corrected chi connectivity index (χ4v) is 2.22. The molecule has 18 heavy (non-hydrogen) atoms. The second-order valence-electron chi connectivity index (χ2n) is 4.53. The van der Waals surface area contributed by atoms with E-state index in [1.54, 1.807) is 23.9 Å². The van der Waals surface area contributed by atoms with E-state index in [0.29, 0.717) is 17.6 Å². The summed E-state index contributed by atoms with van der Waals surface area (Å²) in [5, 5.41) is 0.269. The van der Waals surface area contributed by atoms with E-state index in [0.717, 1.165) is 6.07 Å². The van der Waals surface area contributed by atoms with E-state index in [9.17, 15) is 13.2 Å². The molecule has 5 heteroatoms. The molecule has 2 rings (SSSR count). The van der Waals surface area contributed by atoms with Crippen molar-refractivity contribution in [3.8, 4) is 0 Å². The van der Waals surface area contributed by atoms with Gasteiger partial charge in [0.25, 0.3) is 0 Å². The zero-order chi connectivity index (χ0) is 13.5. The quantitative estimate of drug-likeness (QED) is 0.878. The molecule has 98 valence electrons. The molecule has 0 saturated carbocycles. The lowest BCUT2D eigenvalue weighted by Gasteiger charge is -2.12. The van der Waals surface area contributed by atoms with Gasteiger partial charge in [0, 0.05) is 24.1 Å². The second-order valence-corrected chi connectivity index (χ2v) is 4.53. The fourth-order valence-electron chi connectivity index (χ4n) is 2.22. The first-order chi connectivity index (χ1) is 8.36. The predicted octanol–water partition coefficient (Wildman–Crippen LogP) is 3.26. The van der Waals surface area contributed by atoms with Gasteiger partial charge in [-0.1, -0.05) is 13.0 Å². The average molecular weight is 256 g/mol. The minimum absolute atomic E-state index is 0.0998. The van der Waals surface area contributed by atoms with Gasteiger partial charge in [0.05, 0.1) is 5.56 Å². The highest BCUT2D eigenvalue weighted by Crippen LogP contribution is 2.38. The Bertz CT molecular complexity index is 569. The van der Waals surface area contributed by atoms with Gasteiger partial charge in [-0.2, -0.15) is 13.2 Å². The number of benzene rings is 1. The van der Waals surface area contributed by atoms with Gasteiger partial charge in [-0.15, -0.1) is 0 Å². The van der Waals surface area contributed by atoms with Crippen molar-refractivity contribution in [1.82, 2.24) is 4.57 Å². The highest BCUT2D eigenvalue weighted by Gasteiger charge is 2.34. The molecule has 0 saturated heterocycles. The third-order valence-electron chi connectivity index (χ3n) is 3.23. The van der Waals surface area contributed by atoms with Gasteiger partial charge in [0.1, 0.15) is 0 Å². The summed E-state index contributed by atoms with van der Waals surface area (Å²) in [4.78, 5) is 0.